The summed E-state index contributed by atoms with van der Waals surface area (Å²) >= 11 is 3.38. The number of halogens is 1. The monoisotopic (exact) mass is 227 g/mol. The van der Waals surface area contributed by atoms with Crippen molar-refractivity contribution in [1.29, 1.82) is 0 Å². The molecule has 0 spiro atoms. The molecule has 0 saturated heterocycles. The molecule has 1 aliphatic rings. The first-order chi connectivity index (χ1) is 5.68. The van der Waals surface area contributed by atoms with Crippen molar-refractivity contribution in [2.24, 2.45) is 5.73 Å². The van der Waals surface area contributed by atoms with Crippen molar-refractivity contribution in [3.05, 3.63) is 33.8 Å². The average molecular weight is 228 g/mol. The molecule has 3 N–H and O–H groups in total. The van der Waals surface area contributed by atoms with Crippen LogP contribution < -0.4 is 5.73 Å². The number of fused-ring (bicyclic) bond motifs is 1. The van der Waals surface area contributed by atoms with Crippen LogP contribution >= 0.6 is 15.9 Å². The molecule has 64 valence electrons. The van der Waals surface area contributed by atoms with E-state index in [-0.39, 0.29) is 6.04 Å². The van der Waals surface area contributed by atoms with E-state index in [1.165, 1.54) is 0 Å². The Bertz CT molecular complexity index is 313. The molecule has 2 nitrogen and oxygen atoms in total. The van der Waals surface area contributed by atoms with Crippen LogP contribution in [0, 0.1) is 0 Å². The Morgan fingerprint density at radius 2 is 2.25 bits per heavy atom. The molecule has 0 aliphatic heterocycles. The van der Waals surface area contributed by atoms with E-state index in [4.69, 9.17) is 5.73 Å². The van der Waals surface area contributed by atoms with Crippen LogP contribution in [-0.4, -0.2) is 11.2 Å². The van der Waals surface area contributed by atoms with Gasteiger partial charge in [0.25, 0.3) is 0 Å². The maximum absolute atomic E-state index is 9.47. The van der Waals surface area contributed by atoms with Gasteiger partial charge in [0.2, 0.25) is 0 Å². The van der Waals surface area contributed by atoms with Gasteiger partial charge < -0.3 is 10.8 Å². The van der Waals surface area contributed by atoms with Crippen LogP contribution in [0.5, 0.6) is 0 Å². The van der Waals surface area contributed by atoms with Crippen LogP contribution in [0.25, 0.3) is 0 Å². The highest BCUT2D eigenvalue weighted by atomic mass is 79.9. The molecule has 2 rings (SSSR count). The number of hydrogen-bond donors (Lipinski definition) is 2. The quantitative estimate of drug-likeness (QED) is 0.704. The van der Waals surface area contributed by atoms with Crippen molar-refractivity contribution >= 4 is 15.9 Å². The summed E-state index contributed by atoms with van der Waals surface area (Å²) in [6.45, 7) is 0. The highest BCUT2D eigenvalue weighted by molar-refractivity contribution is 9.10. The van der Waals surface area contributed by atoms with Crippen molar-refractivity contribution in [3.8, 4) is 0 Å². The topological polar surface area (TPSA) is 46.2 Å². The van der Waals surface area contributed by atoms with Crippen LogP contribution in [0.2, 0.25) is 0 Å². The Morgan fingerprint density at radius 3 is 3.00 bits per heavy atom. The lowest BCUT2D eigenvalue weighted by atomic mass is 10.1. The minimum Gasteiger partial charge on any atom is -0.391 e. The minimum absolute atomic E-state index is 0.201. The first-order valence-corrected chi connectivity index (χ1v) is 4.70. The lowest BCUT2D eigenvalue weighted by Crippen LogP contribution is -2.21. The van der Waals surface area contributed by atoms with Crippen LogP contribution in [0.1, 0.15) is 17.2 Å². The van der Waals surface area contributed by atoms with Crippen molar-refractivity contribution < 1.29 is 5.11 Å². The van der Waals surface area contributed by atoms with Crippen LogP contribution in [0.15, 0.2) is 22.7 Å². The zero-order chi connectivity index (χ0) is 8.72. The van der Waals surface area contributed by atoms with Gasteiger partial charge in [-0.15, -0.1) is 0 Å². The SMILES string of the molecule is NC1c2ccc(Br)cc2CC1O. The molecule has 2 unspecified atom stereocenters. The van der Waals surface area contributed by atoms with E-state index < -0.39 is 6.10 Å². The van der Waals surface area contributed by atoms with Gasteiger partial charge in [0.1, 0.15) is 0 Å². The number of benzene rings is 1. The summed E-state index contributed by atoms with van der Waals surface area (Å²) in [5.74, 6) is 0. The molecule has 0 amide bonds. The summed E-state index contributed by atoms with van der Waals surface area (Å²) in [6, 6.07) is 5.75. The minimum atomic E-state index is -0.408. The van der Waals surface area contributed by atoms with Crippen LogP contribution in [0.4, 0.5) is 0 Å². The molecule has 0 fully saturated rings. The van der Waals surface area contributed by atoms with Gasteiger partial charge in [0.15, 0.2) is 0 Å². The van der Waals surface area contributed by atoms with Crippen LogP contribution in [-0.2, 0) is 6.42 Å². The number of aliphatic hydroxyl groups excluding tert-OH is 1. The van der Waals surface area contributed by atoms with Crippen molar-refractivity contribution in [2.45, 2.75) is 18.6 Å². The molecule has 3 heteroatoms. The summed E-state index contributed by atoms with van der Waals surface area (Å²) in [5.41, 5.74) is 8.01. The Hall–Kier alpha value is -0.380. The zero-order valence-electron chi connectivity index (χ0n) is 6.50. The standard InChI is InChI=1S/C9H10BrNO/c10-6-1-2-7-5(3-6)4-8(12)9(7)11/h1-3,8-9,12H,4,11H2. The van der Waals surface area contributed by atoms with Crippen LogP contribution in [0.3, 0.4) is 0 Å². The average Bonchev–Trinajstić information content (AvgIpc) is 2.28. The van der Waals surface area contributed by atoms with E-state index in [0.717, 1.165) is 15.6 Å². The Labute approximate surface area is 79.5 Å². The van der Waals surface area contributed by atoms with E-state index in [1.54, 1.807) is 0 Å². The molecule has 0 saturated carbocycles. The lowest BCUT2D eigenvalue weighted by molar-refractivity contribution is 0.158. The highest BCUT2D eigenvalue weighted by Gasteiger charge is 2.27. The smallest absolute Gasteiger partial charge is 0.0773 e. The summed E-state index contributed by atoms with van der Waals surface area (Å²) in [6.07, 6.45) is 0.268. The van der Waals surface area contributed by atoms with Crippen molar-refractivity contribution in [3.63, 3.8) is 0 Å². The van der Waals surface area contributed by atoms with Gasteiger partial charge in [-0.3, -0.25) is 0 Å². The maximum atomic E-state index is 9.47. The van der Waals surface area contributed by atoms with Crippen molar-refractivity contribution in [1.82, 2.24) is 0 Å². The summed E-state index contributed by atoms with van der Waals surface area (Å²) in [4.78, 5) is 0. The van der Waals surface area contributed by atoms with E-state index in [9.17, 15) is 5.11 Å². The van der Waals surface area contributed by atoms with Crippen molar-refractivity contribution in [2.75, 3.05) is 0 Å². The molecule has 1 aliphatic carbocycles. The van der Waals surface area contributed by atoms with Gasteiger partial charge in [-0.05, 0) is 23.3 Å². The zero-order valence-corrected chi connectivity index (χ0v) is 8.08. The van der Waals surface area contributed by atoms with Gasteiger partial charge in [-0.1, -0.05) is 22.0 Å². The first-order valence-electron chi connectivity index (χ1n) is 3.90. The lowest BCUT2D eigenvalue weighted by Gasteiger charge is -2.07. The summed E-state index contributed by atoms with van der Waals surface area (Å²) < 4.78 is 1.04. The van der Waals surface area contributed by atoms with Gasteiger partial charge in [0.05, 0.1) is 12.1 Å². The largest absolute Gasteiger partial charge is 0.391 e. The third-order valence-corrected chi connectivity index (χ3v) is 2.80. The highest BCUT2D eigenvalue weighted by Crippen LogP contribution is 2.31. The summed E-state index contributed by atoms with van der Waals surface area (Å²) in [7, 11) is 0. The third kappa shape index (κ3) is 1.18. The number of hydrogen-bond acceptors (Lipinski definition) is 2. The molecule has 0 bridgehead atoms. The van der Waals surface area contributed by atoms with E-state index in [1.807, 2.05) is 18.2 Å². The molecular formula is C9H10BrNO. The Kier molecular flexibility index (Phi) is 1.94. The first kappa shape index (κ1) is 8.23. The van der Waals surface area contributed by atoms with E-state index >= 15 is 0 Å². The molecule has 12 heavy (non-hydrogen) atoms. The third-order valence-electron chi connectivity index (χ3n) is 2.31. The molecule has 0 radical (unpaired) electrons. The second-order valence-electron chi connectivity index (χ2n) is 3.14. The second kappa shape index (κ2) is 2.83. The predicted octanol–water partition coefficient (Wildman–Crippen LogP) is 1.37. The number of aliphatic hydroxyl groups is 1. The van der Waals surface area contributed by atoms with Gasteiger partial charge in [-0.2, -0.15) is 0 Å². The molecule has 0 heterocycles. The predicted molar refractivity (Wildman–Crippen MR) is 50.8 cm³/mol. The fourth-order valence-corrected chi connectivity index (χ4v) is 2.04. The maximum Gasteiger partial charge on any atom is 0.0773 e. The summed E-state index contributed by atoms with van der Waals surface area (Å²) in [5, 5.41) is 9.47. The molecule has 1 aromatic rings. The normalized spacial score (nSPS) is 27.2. The molecule has 0 aromatic heterocycles. The Morgan fingerprint density at radius 1 is 1.50 bits per heavy atom. The molecule has 2 atom stereocenters. The van der Waals surface area contributed by atoms with Gasteiger partial charge in [0, 0.05) is 10.9 Å². The van der Waals surface area contributed by atoms with E-state index in [0.29, 0.717) is 6.42 Å². The van der Waals surface area contributed by atoms with Gasteiger partial charge >= 0.3 is 0 Å². The van der Waals surface area contributed by atoms with Gasteiger partial charge in [-0.25, -0.2) is 0 Å². The fourth-order valence-electron chi connectivity index (χ4n) is 1.64. The molecule has 1 aromatic carbocycles. The number of rotatable bonds is 0. The van der Waals surface area contributed by atoms with E-state index in [2.05, 4.69) is 15.9 Å². The fraction of sp³-hybridized carbons (Fsp3) is 0.333. The second-order valence-corrected chi connectivity index (χ2v) is 4.06. The number of nitrogens with two attached hydrogens (primary N) is 1. The molecular weight excluding hydrogens is 218 g/mol. The Balaban J connectivity index is 2.47.